The van der Waals surface area contributed by atoms with E-state index in [1.807, 2.05) is 0 Å². The van der Waals surface area contributed by atoms with E-state index < -0.39 is 5.92 Å². The Kier molecular flexibility index (Phi) is 7.11. The largest absolute Gasteiger partial charge is 0.479 e. The number of ether oxygens (including phenoxy) is 1. The monoisotopic (exact) mass is 472 g/mol. The number of methoxy groups -OCH3 is 1. The van der Waals surface area contributed by atoms with Crippen molar-refractivity contribution in [3.63, 3.8) is 0 Å². The van der Waals surface area contributed by atoms with Gasteiger partial charge in [0.15, 0.2) is 0 Å². The van der Waals surface area contributed by atoms with E-state index in [-0.39, 0.29) is 36.5 Å². The lowest BCUT2D eigenvalue weighted by molar-refractivity contribution is -0.126. The number of piperazine rings is 1. The van der Waals surface area contributed by atoms with E-state index >= 15 is 0 Å². The summed E-state index contributed by atoms with van der Waals surface area (Å²) < 4.78 is 19.9. The van der Waals surface area contributed by atoms with E-state index in [2.05, 4.69) is 15.3 Å². The number of hydrogen-bond donors (Lipinski definition) is 1. The summed E-state index contributed by atoms with van der Waals surface area (Å²) in [4.78, 5) is 43.2. The number of aromatic nitrogens is 2. The van der Waals surface area contributed by atoms with E-state index in [4.69, 9.17) is 4.74 Å². The Balaban J connectivity index is 1.20. The lowest BCUT2D eigenvalue weighted by Crippen LogP contribution is -2.50. The van der Waals surface area contributed by atoms with Gasteiger partial charge in [0.1, 0.15) is 11.4 Å². The molecular weight excluding hydrogens is 443 g/mol. The number of rotatable bonds is 7. The maximum absolute atomic E-state index is 13.1. The average molecular weight is 473 g/mol. The molecule has 4 rings (SSSR count). The van der Waals surface area contributed by atoms with Crippen LogP contribution < -0.4 is 15.0 Å². The zero-order valence-electron chi connectivity index (χ0n) is 19.4. The van der Waals surface area contributed by atoms with Crippen molar-refractivity contribution in [2.75, 3.05) is 57.8 Å². The molecule has 2 fully saturated rings. The van der Waals surface area contributed by atoms with Gasteiger partial charge in [-0.05, 0) is 24.3 Å². The smallest absolute Gasteiger partial charge is 0.261 e. The number of carbonyl (C=O) groups excluding carboxylic acids is 3. The van der Waals surface area contributed by atoms with E-state index in [1.54, 1.807) is 35.0 Å². The van der Waals surface area contributed by atoms with E-state index in [9.17, 15) is 18.8 Å². The molecule has 2 saturated heterocycles. The van der Waals surface area contributed by atoms with E-state index in [0.717, 1.165) is 0 Å². The first kappa shape index (κ1) is 23.7. The van der Waals surface area contributed by atoms with Gasteiger partial charge in [-0.15, -0.1) is 5.10 Å². The summed E-state index contributed by atoms with van der Waals surface area (Å²) in [6.07, 6.45) is 1.80. The van der Waals surface area contributed by atoms with Crippen LogP contribution in [-0.2, 0) is 16.6 Å². The zero-order chi connectivity index (χ0) is 24.2. The van der Waals surface area contributed by atoms with Crippen molar-refractivity contribution in [1.82, 2.24) is 24.9 Å². The highest BCUT2D eigenvalue weighted by Crippen LogP contribution is 2.25. The molecule has 34 heavy (non-hydrogen) atoms. The van der Waals surface area contributed by atoms with Crippen LogP contribution in [0.4, 0.5) is 10.1 Å². The molecule has 2 aromatic rings. The third kappa shape index (κ3) is 5.19. The van der Waals surface area contributed by atoms with Crippen molar-refractivity contribution in [1.29, 1.82) is 0 Å². The number of nitrogens with one attached hydrogen (secondary N) is 1. The standard InChI is InChI=1S/C23H29FN6O4/c1-27-15-19(22(26-27)34-2)23(33)29-11-9-28(10-12-29)8-7-25-21(32)16-13-20(31)30(14-16)18-5-3-17(24)4-6-18/h3-6,15-16H,7-14H2,1-2H3,(H,25,32). The van der Waals surface area contributed by atoms with Crippen molar-refractivity contribution in [3.05, 3.63) is 41.8 Å². The Morgan fingerprint density at radius 2 is 1.88 bits per heavy atom. The predicted octanol–water partition coefficient (Wildman–Crippen LogP) is 0.495. The number of hydrogen-bond acceptors (Lipinski definition) is 6. The fourth-order valence-electron chi connectivity index (χ4n) is 4.35. The third-order valence-electron chi connectivity index (χ3n) is 6.24. The second-order valence-electron chi connectivity index (χ2n) is 8.53. The highest BCUT2D eigenvalue weighted by Gasteiger charge is 2.35. The quantitative estimate of drug-likeness (QED) is 0.630. The van der Waals surface area contributed by atoms with Gasteiger partial charge in [0.25, 0.3) is 5.91 Å². The highest BCUT2D eigenvalue weighted by molar-refractivity contribution is 6.00. The summed E-state index contributed by atoms with van der Waals surface area (Å²) in [6.45, 7) is 3.96. The molecule has 1 atom stereocenters. The number of benzene rings is 1. The number of aryl methyl sites for hydroxylation is 1. The van der Waals surface area contributed by atoms with Crippen LogP contribution in [0.2, 0.25) is 0 Å². The maximum atomic E-state index is 13.1. The Morgan fingerprint density at radius 1 is 1.18 bits per heavy atom. The molecule has 1 N–H and O–H groups in total. The molecule has 0 aliphatic carbocycles. The van der Waals surface area contributed by atoms with Gasteiger partial charge >= 0.3 is 0 Å². The molecule has 0 spiro atoms. The minimum absolute atomic E-state index is 0.102. The molecule has 10 nitrogen and oxygen atoms in total. The molecule has 2 aliphatic rings. The van der Waals surface area contributed by atoms with Gasteiger partial charge < -0.3 is 19.9 Å². The van der Waals surface area contributed by atoms with Crippen LogP contribution >= 0.6 is 0 Å². The van der Waals surface area contributed by atoms with Crippen LogP contribution in [0.5, 0.6) is 5.88 Å². The van der Waals surface area contributed by atoms with Crippen LogP contribution in [-0.4, -0.2) is 90.2 Å². The molecular formula is C23H29FN6O4. The van der Waals surface area contributed by atoms with Crippen LogP contribution in [0, 0.1) is 11.7 Å². The van der Waals surface area contributed by atoms with Crippen molar-refractivity contribution in [2.24, 2.45) is 13.0 Å². The molecule has 2 aliphatic heterocycles. The molecule has 11 heteroatoms. The van der Waals surface area contributed by atoms with Crippen molar-refractivity contribution < 1.29 is 23.5 Å². The summed E-state index contributed by atoms with van der Waals surface area (Å²) >= 11 is 0. The lowest BCUT2D eigenvalue weighted by Gasteiger charge is -2.34. The molecule has 1 aromatic heterocycles. The number of carbonyl (C=O) groups is 3. The summed E-state index contributed by atoms with van der Waals surface area (Å²) in [5, 5.41) is 7.06. The van der Waals surface area contributed by atoms with Gasteiger partial charge in [0, 0.05) is 71.2 Å². The minimum Gasteiger partial charge on any atom is -0.479 e. The first-order valence-corrected chi connectivity index (χ1v) is 11.3. The second kappa shape index (κ2) is 10.2. The summed E-state index contributed by atoms with van der Waals surface area (Å²) in [6, 6.07) is 5.69. The van der Waals surface area contributed by atoms with E-state index in [0.29, 0.717) is 56.4 Å². The molecule has 3 amide bonds. The van der Waals surface area contributed by atoms with Crippen LogP contribution in [0.15, 0.2) is 30.5 Å². The Morgan fingerprint density at radius 3 is 2.56 bits per heavy atom. The van der Waals surface area contributed by atoms with Gasteiger partial charge in [-0.3, -0.25) is 24.0 Å². The summed E-state index contributed by atoms with van der Waals surface area (Å²) in [5.41, 5.74) is 1.05. The zero-order valence-corrected chi connectivity index (χ0v) is 19.4. The Hall–Kier alpha value is -3.47. The number of anilines is 1. The van der Waals surface area contributed by atoms with Gasteiger partial charge in [-0.25, -0.2) is 4.39 Å². The molecule has 182 valence electrons. The SMILES string of the molecule is COc1nn(C)cc1C(=O)N1CCN(CCNC(=O)C2CC(=O)N(c3ccc(F)cc3)C2)CC1. The molecule has 3 heterocycles. The van der Waals surface area contributed by atoms with Crippen LogP contribution in [0.1, 0.15) is 16.8 Å². The van der Waals surface area contributed by atoms with E-state index in [1.165, 1.54) is 24.1 Å². The van der Waals surface area contributed by atoms with Gasteiger partial charge in [-0.2, -0.15) is 0 Å². The average Bonchev–Trinajstić information content (AvgIpc) is 3.42. The first-order chi connectivity index (χ1) is 16.4. The number of nitrogens with zero attached hydrogens (tertiary/aromatic N) is 5. The highest BCUT2D eigenvalue weighted by atomic mass is 19.1. The van der Waals surface area contributed by atoms with Gasteiger partial charge in [-0.1, -0.05) is 0 Å². The second-order valence-corrected chi connectivity index (χ2v) is 8.53. The van der Waals surface area contributed by atoms with Crippen molar-refractivity contribution in [2.45, 2.75) is 6.42 Å². The molecule has 0 saturated carbocycles. The number of amides is 3. The first-order valence-electron chi connectivity index (χ1n) is 11.3. The number of halogens is 1. The topological polar surface area (TPSA) is 100 Å². The molecule has 1 aromatic carbocycles. The summed E-state index contributed by atoms with van der Waals surface area (Å²) in [7, 11) is 3.24. The molecule has 0 bridgehead atoms. The fraction of sp³-hybridized carbons (Fsp3) is 0.478. The predicted molar refractivity (Wildman–Crippen MR) is 122 cm³/mol. The Labute approximate surface area is 197 Å². The Bertz CT molecular complexity index is 1050. The van der Waals surface area contributed by atoms with Crippen LogP contribution in [0.25, 0.3) is 0 Å². The fourth-order valence-corrected chi connectivity index (χ4v) is 4.35. The van der Waals surface area contributed by atoms with Gasteiger partial charge in [0.2, 0.25) is 17.7 Å². The third-order valence-corrected chi connectivity index (χ3v) is 6.24. The molecule has 1 unspecified atom stereocenters. The normalized spacial score (nSPS) is 18.9. The minimum atomic E-state index is -0.429. The van der Waals surface area contributed by atoms with Crippen LogP contribution in [0.3, 0.4) is 0 Å². The van der Waals surface area contributed by atoms with Crippen molar-refractivity contribution in [3.8, 4) is 5.88 Å². The molecule has 0 radical (unpaired) electrons. The van der Waals surface area contributed by atoms with Crippen molar-refractivity contribution >= 4 is 23.4 Å². The van der Waals surface area contributed by atoms with Gasteiger partial charge in [0.05, 0.1) is 13.0 Å². The summed E-state index contributed by atoms with van der Waals surface area (Å²) in [5.74, 6) is -0.878. The maximum Gasteiger partial charge on any atom is 0.261 e. The lowest BCUT2D eigenvalue weighted by atomic mass is 10.1.